The third-order valence-electron chi connectivity index (χ3n) is 3.12. The van der Waals surface area contributed by atoms with E-state index in [-0.39, 0.29) is 6.10 Å². The summed E-state index contributed by atoms with van der Waals surface area (Å²) >= 11 is 15.8. The Morgan fingerprint density at radius 2 is 1.91 bits per heavy atom. The first-order valence-electron chi connectivity index (χ1n) is 7.13. The first-order valence-corrected chi connectivity index (χ1v) is 8.68. The maximum absolute atomic E-state index is 6.20. The quantitative estimate of drug-likeness (QED) is 0.608. The maximum atomic E-state index is 6.20. The molecule has 0 aromatic heterocycles. The summed E-state index contributed by atoms with van der Waals surface area (Å²) in [6, 6.07) is 9.11. The zero-order chi connectivity index (χ0) is 17.0. The van der Waals surface area contributed by atoms with Gasteiger partial charge in [-0.05, 0) is 44.2 Å². The molecule has 0 unspecified atom stereocenters. The summed E-state index contributed by atoms with van der Waals surface area (Å²) in [5.41, 5.74) is 1.72. The van der Waals surface area contributed by atoms with Crippen molar-refractivity contribution in [1.29, 1.82) is 0 Å². The molecule has 2 aromatic carbocycles. The Balaban J connectivity index is 2.32. The fraction of sp³-hybridized carbons (Fsp3) is 0.294. The molecule has 0 amide bonds. The predicted molar refractivity (Wildman–Crippen MR) is 100 cm³/mol. The highest BCUT2D eigenvalue weighted by Crippen LogP contribution is 2.38. The van der Waals surface area contributed by atoms with Gasteiger partial charge in [0.1, 0.15) is 0 Å². The Morgan fingerprint density at radius 3 is 2.57 bits per heavy atom. The van der Waals surface area contributed by atoms with Gasteiger partial charge in [0.05, 0.1) is 23.9 Å². The molecule has 1 N–H and O–H groups in total. The van der Waals surface area contributed by atoms with Crippen molar-refractivity contribution in [2.75, 3.05) is 12.4 Å². The van der Waals surface area contributed by atoms with Crippen LogP contribution in [0.5, 0.6) is 11.5 Å². The highest BCUT2D eigenvalue weighted by Gasteiger charge is 2.16. The van der Waals surface area contributed by atoms with Gasteiger partial charge in [0.25, 0.3) is 0 Å². The molecule has 0 bridgehead atoms. The van der Waals surface area contributed by atoms with Gasteiger partial charge in [-0.1, -0.05) is 39.1 Å². The van der Waals surface area contributed by atoms with Crippen LogP contribution in [0, 0.1) is 0 Å². The van der Waals surface area contributed by atoms with Gasteiger partial charge in [-0.15, -0.1) is 0 Å². The average molecular weight is 419 g/mol. The number of hydrogen-bond donors (Lipinski definition) is 1. The van der Waals surface area contributed by atoms with Gasteiger partial charge in [0, 0.05) is 21.6 Å². The monoisotopic (exact) mass is 417 g/mol. The third kappa shape index (κ3) is 4.69. The molecule has 3 nitrogen and oxygen atoms in total. The van der Waals surface area contributed by atoms with E-state index in [9.17, 15) is 0 Å². The fourth-order valence-corrected chi connectivity index (χ4v) is 2.90. The second-order valence-electron chi connectivity index (χ2n) is 5.20. The molecule has 0 aliphatic rings. The van der Waals surface area contributed by atoms with Crippen molar-refractivity contribution < 1.29 is 9.47 Å². The summed E-state index contributed by atoms with van der Waals surface area (Å²) in [4.78, 5) is 0. The van der Waals surface area contributed by atoms with Gasteiger partial charge in [-0.25, -0.2) is 0 Å². The predicted octanol–water partition coefficient (Wildman–Crippen LogP) is 6.16. The Labute approximate surface area is 155 Å². The zero-order valence-corrected chi connectivity index (χ0v) is 16.2. The number of halogens is 3. The van der Waals surface area contributed by atoms with Crippen LogP contribution < -0.4 is 14.8 Å². The maximum Gasteiger partial charge on any atom is 0.167 e. The first kappa shape index (κ1) is 18.2. The number of nitrogens with one attached hydrogen (secondary N) is 1. The first-order chi connectivity index (χ1) is 10.9. The molecule has 2 aromatic rings. The van der Waals surface area contributed by atoms with E-state index < -0.39 is 0 Å². The highest BCUT2D eigenvalue weighted by atomic mass is 79.9. The fourth-order valence-electron chi connectivity index (χ4n) is 2.09. The third-order valence-corrected chi connectivity index (χ3v) is 4.43. The summed E-state index contributed by atoms with van der Waals surface area (Å²) in [5, 5.41) is 4.53. The molecule has 0 saturated heterocycles. The topological polar surface area (TPSA) is 30.5 Å². The standard InChI is InChI=1S/C17H18BrCl2NO2/c1-10(2)23-17-12(13(18)5-7-16(17)22-3)9-21-15-8-11(19)4-6-14(15)20/h4-8,10,21H,9H2,1-3H3. The summed E-state index contributed by atoms with van der Waals surface area (Å²) in [6.07, 6.45) is 0.0340. The lowest BCUT2D eigenvalue weighted by Crippen LogP contribution is -2.11. The summed E-state index contributed by atoms with van der Waals surface area (Å²) in [7, 11) is 1.63. The Kier molecular flexibility index (Phi) is 6.45. The SMILES string of the molecule is COc1ccc(Br)c(CNc2cc(Cl)ccc2Cl)c1OC(C)C. The summed E-state index contributed by atoms with van der Waals surface area (Å²) in [6.45, 7) is 4.47. The number of ether oxygens (including phenoxy) is 2. The van der Waals surface area contributed by atoms with Crippen LogP contribution in [0.4, 0.5) is 5.69 Å². The van der Waals surface area contributed by atoms with Crippen molar-refractivity contribution in [2.24, 2.45) is 0 Å². The Bertz CT molecular complexity index is 693. The minimum atomic E-state index is 0.0340. The van der Waals surface area contributed by atoms with E-state index in [0.29, 0.717) is 28.1 Å². The second kappa shape index (κ2) is 8.13. The van der Waals surface area contributed by atoms with Crippen LogP contribution in [-0.4, -0.2) is 13.2 Å². The van der Waals surface area contributed by atoms with Crippen LogP contribution in [0.15, 0.2) is 34.8 Å². The Morgan fingerprint density at radius 1 is 1.17 bits per heavy atom. The van der Waals surface area contributed by atoms with Crippen LogP contribution in [0.25, 0.3) is 0 Å². The van der Waals surface area contributed by atoms with Gasteiger partial charge in [-0.2, -0.15) is 0 Å². The highest BCUT2D eigenvalue weighted by molar-refractivity contribution is 9.10. The minimum absolute atomic E-state index is 0.0340. The van der Waals surface area contributed by atoms with Crippen molar-refractivity contribution in [3.8, 4) is 11.5 Å². The largest absolute Gasteiger partial charge is 0.493 e. The summed E-state index contributed by atoms with van der Waals surface area (Å²) < 4.78 is 12.3. The molecule has 124 valence electrons. The number of methoxy groups -OCH3 is 1. The van der Waals surface area contributed by atoms with Crippen LogP contribution >= 0.6 is 39.1 Å². The molecule has 0 radical (unpaired) electrons. The number of benzene rings is 2. The van der Waals surface area contributed by atoms with E-state index in [0.717, 1.165) is 15.7 Å². The van der Waals surface area contributed by atoms with Crippen molar-refractivity contribution in [3.63, 3.8) is 0 Å². The number of rotatable bonds is 6. The molecule has 6 heteroatoms. The van der Waals surface area contributed by atoms with Crippen LogP contribution in [0.2, 0.25) is 10.0 Å². The van der Waals surface area contributed by atoms with Gasteiger partial charge >= 0.3 is 0 Å². The van der Waals surface area contributed by atoms with E-state index in [1.165, 1.54) is 0 Å². The molecule has 0 spiro atoms. The molecular formula is C17H18BrCl2NO2. The zero-order valence-electron chi connectivity index (χ0n) is 13.1. The lowest BCUT2D eigenvalue weighted by atomic mass is 10.1. The van der Waals surface area contributed by atoms with Crippen LogP contribution in [0.3, 0.4) is 0 Å². The van der Waals surface area contributed by atoms with E-state index >= 15 is 0 Å². The Hall–Kier alpha value is -1.10. The van der Waals surface area contributed by atoms with Crippen molar-refractivity contribution in [3.05, 3.63) is 50.4 Å². The van der Waals surface area contributed by atoms with E-state index in [1.54, 1.807) is 25.3 Å². The van der Waals surface area contributed by atoms with Crippen molar-refractivity contribution >= 4 is 44.8 Å². The number of hydrogen-bond acceptors (Lipinski definition) is 3. The van der Waals surface area contributed by atoms with E-state index in [4.69, 9.17) is 32.7 Å². The molecule has 0 aliphatic heterocycles. The van der Waals surface area contributed by atoms with Gasteiger partial charge in [-0.3, -0.25) is 0 Å². The van der Waals surface area contributed by atoms with Gasteiger partial charge in [0.15, 0.2) is 11.5 Å². The van der Waals surface area contributed by atoms with Crippen LogP contribution in [0.1, 0.15) is 19.4 Å². The lowest BCUT2D eigenvalue weighted by Gasteiger charge is -2.19. The second-order valence-corrected chi connectivity index (χ2v) is 6.90. The molecule has 2 rings (SSSR count). The number of anilines is 1. The molecule has 0 saturated carbocycles. The molecule has 0 atom stereocenters. The van der Waals surface area contributed by atoms with E-state index in [1.807, 2.05) is 26.0 Å². The molecule has 23 heavy (non-hydrogen) atoms. The lowest BCUT2D eigenvalue weighted by molar-refractivity contribution is 0.227. The normalized spacial score (nSPS) is 10.7. The van der Waals surface area contributed by atoms with Crippen molar-refractivity contribution in [1.82, 2.24) is 0 Å². The molecule has 0 fully saturated rings. The molecular weight excluding hydrogens is 401 g/mol. The van der Waals surface area contributed by atoms with Gasteiger partial charge < -0.3 is 14.8 Å². The molecule has 0 heterocycles. The average Bonchev–Trinajstić information content (AvgIpc) is 2.49. The van der Waals surface area contributed by atoms with Gasteiger partial charge in [0.2, 0.25) is 0 Å². The summed E-state index contributed by atoms with van der Waals surface area (Å²) in [5.74, 6) is 1.40. The van der Waals surface area contributed by atoms with Crippen LogP contribution in [-0.2, 0) is 6.54 Å². The van der Waals surface area contributed by atoms with Crippen molar-refractivity contribution in [2.45, 2.75) is 26.5 Å². The minimum Gasteiger partial charge on any atom is -0.493 e. The smallest absolute Gasteiger partial charge is 0.167 e. The molecule has 0 aliphatic carbocycles. The van der Waals surface area contributed by atoms with E-state index in [2.05, 4.69) is 21.2 Å².